The molecule has 0 aliphatic rings. The lowest BCUT2D eigenvalue weighted by molar-refractivity contribution is 0.229. The van der Waals surface area contributed by atoms with Crippen LogP contribution in [0.1, 0.15) is 23.6 Å². The van der Waals surface area contributed by atoms with E-state index in [1.54, 1.807) is 4.90 Å². The van der Waals surface area contributed by atoms with Gasteiger partial charge in [-0.25, -0.2) is 4.79 Å². The van der Waals surface area contributed by atoms with Crippen molar-refractivity contribution in [2.75, 3.05) is 18.2 Å². The first-order chi connectivity index (χ1) is 11.0. The Labute approximate surface area is 138 Å². The number of benzene rings is 2. The maximum absolute atomic E-state index is 12.4. The molecular formula is C19H24N2O2. The summed E-state index contributed by atoms with van der Waals surface area (Å²) in [6.07, 6.45) is 0. The summed E-state index contributed by atoms with van der Waals surface area (Å²) in [5, 5.41) is 2.81. The van der Waals surface area contributed by atoms with Crippen LogP contribution in [-0.2, 0) is 0 Å². The number of hydrogen-bond acceptors (Lipinski definition) is 2. The standard InChI is InChI=1S/C19H24N2O2/c1-5-21(17-10-6-8-14(2)12-17)19(22)20-13-23-18-11-7-9-15(3)16(18)4/h6-12H,5,13H2,1-4H3,(H,20,22). The molecule has 0 saturated carbocycles. The number of aryl methyl sites for hydroxylation is 2. The van der Waals surface area contributed by atoms with Crippen LogP contribution in [0.3, 0.4) is 0 Å². The van der Waals surface area contributed by atoms with Gasteiger partial charge in [-0.3, -0.25) is 4.90 Å². The van der Waals surface area contributed by atoms with Gasteiger partial charge in [0.1, 0.15) is 5.75 Å². The third-order valence-corrected chi connectivity index (χ3v) is 3.88. The fourth-order valence-corrected chi connectivity index (χ4v) is 2.39. The van der Waals surface area contributed by atoms with E-state index in [0.717, 1.165) is 22.6 Å². The van der Waals surface area contributed by atoms with Crippen LogP contribution in [0.2, 0.25) is 0 Å². The molecule has 0 radical (unpaired) electrons. The van der Waals surface area contributed by atoms with E-state index >= 15 is 0 Å². The van der Waals surface area contributed by atoms with Crippen LogP contribution in [0.4, 0.5) is 10.5 Å². The van der Waals surface area contributed by atoms with Gasteiger partial charge in [-0.2, -0.15) is 0 Å². The summed E-state index contributed by atoms with van der Waals surface area (Å²) < 4.78 is 5.68. The average molecular weight is 312 g/mol. The van der Waals surface area contributed by atoms with Crippen molar-refractivity contribution in [3.8, 4) is 5.75 Å². The molecule has 0 bridgehead atoms. The minimum Gasteiger partial charge on any atom is -0.473 e. The Morgan fingerprint density at radius 3 is 2.57 bits per heavy atom. The highest BCUT2D eigenvalue weighted by Crippen LogP contribution is 2.20. The third kappa shape index (κ3) is 4.25. The lowest BCUT2D eigenvalue weighted by Gasteiger charge is -2.22. The van der Waals surface area contributed by atoms with Gasteiger partial charge in [0, 0.05) is 12.2 Å². The van der Waals surface area contributed by atoms with Gasteiger partial charge >= 0.3 is 6.03 Å². The normalized spacial score (nSPS) is 10.3. The van der Waals surface area contributed by atoms with Gasteiger partial charge in [0.2, 0.25) is 0 Å². The van der Waals surface area contributed by atoms with E-state index in [0.29, 0.717) is 6.54 Å². The van der Waals surface area contributed by atoms with Crippen molar-refractivity contribution in [3.63, 3.8) is 0 Å². The van der Waals surface area contributed by atoms with Crippen LogP contribution in [0.5, 0.6) is 5.75 Å². The number of carbonyl (C=O) groups excluding carboxylic acids is 1. The first-order valence-electron chi connectivity index (χ1n) is 7.84. The molecule has 23 heavy (non-hydrogen) atoms. The maximum Gasteiger partial charge on any atom is 0.324 e. The van der Waals surface area contributed by atoms with Gasteiger partial charge in [0.05, 0.1) is 0 Å². The lowest BCUT2D eigenvalue weighted by atomic mass is 10.1. The molecule has 122 valence electrons. The molecule has 0 spiro atoms. The number of anilines is 1. The number of carbonyl (C=O) groups is 1. The van der Waals surface area contributed by atoms with Crippen molar-refractivity contribution < 1.29 is 9.53 Å². The number of amides is 2. The highest BCUT2D eigenvalue weighted by molar-refractivity contribution is 5.91. The molecule has 0 aliphatic heterocycles. The third-order valence-electron chi connectivity index (χ3n) is 3.88. The fourth-order valence-electron chi connectivity index (χ4n) is 2.39. The summed E-state index contributed by atoms with van der Waals surface area (Å²) in [6.45, 7) is 8.76. The molecule has 0 unspecified atom stereocenters. The summed E-state index contributed by atoms with van der Waals surface area (Å²) in [7, 11) is 0. The highest BCUT2D eigenvalue weighted by Gasteiger charge is 2.13. The van der Waals surface area contributed by atoms with Crippen LogP contribution in [0.25, 0.3) is 0 Å². The van der Waals surface area contributed by atoms with Gasteiger partial charge in [0.25, 0.3) is 0 Å². The highest BCUT2D eigenvalue weighted by atomic mass is 16.5. The Balaban J connectivity index is 1.96. The number of nitrogens with one attached hydrogen (secondary N) is 1. The zero-order valence-electron chi connectivity index (χ0n) is 14.2. The Bertz CT molecular complexity index is 683. The second-order valence-corrected chi connectivity index (χ2v) is 5.55. The number of rotatable bonds is 5. The zero-order chi connectivity index (χ0) is 16.8. The van der Waals surface area contributed by atoms with Gasteiger partial charge < -0.3 is 10.1 Å². The summed E-state index contributed by atoms with van der Waals surface area (Å²) in [5.41, 5.74) is 4.27. The molecule has 2 aromatic rings. The molecule has 4 heteroatoms. The van der Waals surface area contributed by atoms with Crippen molar-refractivity contribution in [2.24, 2.45) is 0 Å². The minimum absolute atomic E-state index is 0.144. The van der Waals surface area contributed by atoms with E-state index in [9.17, 15) is 4.79 Å². The average Bonchev–Trinajstić information content (AvgIpc) is 2.52. The van der Waals surface area contributed by atoms with E-state index in [-0.39, 0.29) is 12.8 Å². The van der Waals surface area contributed by atoms with Crippen LogP contribution >= 0.6 is 0 Å². The second-order valence-electron chi connectivity index (χ2n) is 5.55. The molecule has 0 aliphatic carbocycles. The number of urea groups is 1. The molecule has 1 N–H and O–H groups in total. The van der Waals surface area contributed by atoms with Crippen LogP contribution in [0.15, 0.2) is 42.5 Å². The van der Waals surface area contributed by atoms with Crippen molar-refractivity contribution >= 4 is 11.7 Å². The quantitative estimate of drug-likeness (QED) is 0.841. The zero-order valence-corrected chi connectivity index (χ0v) is 14.2. The number of ether oxygens (including phenoxy) is 1. The first kappa shape index (κ1) is 16.9. The molecule has 0 heterocycles. The molecule has 2 aromatic carbocycles. The summed E-state index contributed by atoms with van der Waals surface area (Å²) in [5.74, 6) is 0.795. The van der Waals surface area contributed by atoms with Crippen molar-refractivity contribution in [1.82, 2.24) is 5.32 Å². The molecule has 2 rings (SSSR count). The topological polar surface area (TPSA) is 41.6 Å². The van der Waals surface area contributed by atoms with E-state index in [2.05, 4.69) is 5.32 Å². The van der Waals surface area contributed by atoms with Crippen molar-refractivity contribution in [2.45, 2.75) is 27.7 Å². The fraction of sp³-hybridized carbons (Fsp3) is 0.316. The SMILES string of the molecule is CCN(C(=O)NCOc1cccc(C)c1C)c1cccc(C)c1. The molecular weight excluding hydrogens is 288 g/mol. The Morgan fingerprint density at radius 1 is 1.13 bits per heavy atom. The Kier molecular flexibility index (Phi) is 5.63. The summed E-state index contributed by atoms with van der Waals surface area (Å²) in [4.78, 5) is 14.1. The minimum atomic E-state index is -0.164. The number of nitrogens with zero attached hydrogens (tertiary/aromatic N) is 1. The molecule has 0 atom stereocenters. The number of hydrogen-bond donors (Lipinski definition) is 1. The molecule has 0 fully saturated rings. The Hall–Kier alpha value is -2.49. The molecule has 0 aromatic heterocycles. The first-order valence-corrected chi connectivity index (χ1v) is 7.84. The van der Waals surface area contributed by atoms with Crippen molar-refractivity contribution in [1.29, 1.82) is 0 Å². The lowest BCUT2D eigenvalue weighted by Crippen LogP contribution is -2.41. The largest absolute Gasteiger partial charge is 0.473 e. The van der Waals surface area contributed by atoms with Gasteiger partial charge in [-0.15, -0.1) is 0 Å². The van der Waals surface area contributed by atoms with Crippen LogP contribution in [-0.4, -0.2) is 19.3 Å². The molecule has 4 nitrogen and oxygen atoms in total. The van der Waals surface area contributed by atoms with E-state index in [4.69, 9.17) is 4.74 Å². The van der Waals surface area contributed by atoms with Gasteiger partial charge in [-0.05, 0) is 62.6 Å². The van der Waals surface area contributed by atoms with Crippen LogP contribution in [0, 0.1) is 20.8 Å². The Morgan fingerprint density at radius 2 is 1.87 bits per heavy atom. The van der Waals surface area contributed by atoms with Gasteiger partial charge in [0.15, 0.2) is 6.73 Å². The predicted octanol–water partition coefficient (Wildman–Crippen LogP) is 4.18. The predicted molar refractivity (Wildman–Crippen MR) is 94.1 cm³/mol. The summed E-state index contributed by atoms with van der Waals surface area (Å²) in [6, 6.07) is 13.6. The van der Waals surface area contributed by atoms with Gasteiger partial charge in [-0.1, -0.05) is 24.3 Å². The second kappa shape index (κ2) is 7.68. The van der Waals surface area contributed by atoms with E-state index in [1.165, 1.54) is 5.56 Å². The van der Waals surface area contributed by atoms with E-state index in [1.807, 2.05) is 70.2 Å². The summed E-state index contributed by atoms with van der Waals surface area (Å²) >= 11 is 0. The molecule has 0 saturated heterocycles. The van der Waals surface area contributed by atoms with E-state index < -0.39 is 0 Å². The monoisotopic (exact) mass is 312 g/mol. The van der Waals surface area contributed by atoms with Crippen molar-refractivity contribution in [3.05, 3.63) is 59.2 Å². The maximum atomic E-state index is 12.4. The molecule has 2 amide bonds. The van der Waals surface area contributed by atoms with Crippen LogP contribution < -0.4 is 15.0 Å². The smallest absolute Gasteiger partial charge is 0.324 e.